The van der Waals surface area contributed by atoms with Gasteiger partial charge in [-0.25, -0.2) is 4.79 Å². The van der Waals surface area contributed by atoms with Gasteiger partial charge in [-0.05, 0) is 5.56 Å². The third kappa shape index (κ3) is 2.34. The molecule has 1 amide bonds. The van der Waals surface area contributed by atoms with Gasteiger partial charge < -0.3 is 5.11 Å². The van der Waals surface area contributed by atoms with Crippen LogP contribution in [0.25, 0.3) is 0 Å². The fourth-order valence-electron chi connectivity index (χ4n) is 1.62. The number of carbonyl (C=O) groups excluding carboxylic acids is 1. The highest BCUT2D eigenvalue weighted by Crippen LogP contribution is 2.23. The maximum absolute atomic E-state index is 11.6. The van der Waals surface area contributed by atoms with Crippen molar-refractivity contribution in [3.63, 3.8) is 0 Å². The predicted molar refractivity (Wildman–Crippen MR) is 58.8 cm³/mol. The van der Waals surface area contributed by atoms with Gasteiger partial charge in [-0.2, -0.15) is 5.06 Å². The van der Waals surface area contributed by atoms with E-state index in [1.165, 1.54) is 6.08 Å². The minimum absolute atomic E-state index is 0.197. The summed E-state index contributed by atoms with van der Waals surface area (Å²) >= 11 is 0. The lowest BCUT2D eigenvalue weighted by Crippen LogP contribution is -2.39. The van der Waals surface area contributed by atoms with Crippen LogP contribution in [0.5, 0.6) is 0 Å². The molecule has 1 aliphatic rings. The van der Waals surface area contributed by atoms with Crippen molar-refractivity contribution in [3.05, 3.63) is 48.0 Å². The van der Waals surface area contributed by atoms with Gasteiger partial charge >= 0.3 is 5.97 Å². The van der Waals surface area contributed by atoms with E-state index in [1.807, 2.05) is 0 Å². The molecule has 1 atom stereocenters. The lowest BCUT2D eigenvalue weighted by Gasteiger charge is -2.28. The van der Waals surface area contributed by atoms with Crippen molar-refractivity contribution in [3.8, 4) is 0 Å². The quantitative estimate of drug-likeness (QED) is 0.850. The van der Waals surface area contributed by atoms with E-state index in [0.717, 1.165) is 5.06 Å². The van der Waals surface area contributed by atoms with Gasteiger partial charge in [0.25, 0.3) is 5.91 Å². The van der Waals surface area contributed by atoms with Crippen molar-refractivity contribution in [2.24, 2.45) is 0 Å². The average Bonchev–Trinajstić information content (AvgIpc) is 2.33. The van der Waals surface area contributed by atoms with Gasteiger partial charge in [0, 0.05) is 6.08 Å². The molecule has 0 spiro atoms. The van der Waals surface area contributed by atoms with Crippen LogP contribution < -0.4 is 0 Å². The third-order valence-electron chi connectivity index (χ3n) is 2.37. The zero-order chi connectivity index (χ0) is 12.3. The zero-order valence-electron chi connectivity index (χ0n) is 8.95. The molecule has 0 bridgehead atoms. The Morgan fingerprint density at radius 3 is 2.65 bits per heavy atom. The standard InChI is InChI=1S/C12H11NO4/c14-10-7-4-8-17-13(10)11(12(15)16)9-5-2-1-3-6-9/h1-7,11H,8H2,(H,15,16)/t11-/m1/s1. The molecule has 1 N–H and O–H groups in total. The van der Waals surface area contributed by atoms with Crippen molar-refractivity contribution < 1.29 is 19.5 Å². The number of aliphatic carboxylic acids is 1. The van der Waals surface area contributed by atoms with E-state index in [-0.39, 0.29) is 6.61 Å². The number of amides is 1. The fourth-order valence-corrected chi connectivity index (χ4v) is 1.62. The van der Waals surface area contributed by atoms with Gasteiger partial charge in [0.1, 0.15) is 0 Å². The molecule has 1 aliphatic heterocycles. The third-order valence-corrected chi connectivity index (χ3v) is 2.37. The second-order valence-corrected chi connectivity index (χ2v) is 3.51. The molecule has 88 valence electrons. The molecule has 0 fully saturated rings. The maximum Gasteiger partial charge on any atom is 0.333 e. The van der Waals surface area contributed by atoms with E-state index in [2.05, 4.69) is 0 Å². The molecule has 5 nitrogen and oxygen atoms in total. The van der Waals surface area contributed by atoms with E-state index >= 15 is 0 Å². The van der Waals surface area contributed by atoms with Crippen LogP contribution in [0.15, 0.2) is 42.5 Å². The molecule has 0 radical (unpaired) electrons. The Hall–Kier alpha value is -2.14. The van der Waals surface area contributed by atoms with Crippen molar-refractivity contribution in [2.75, 3.05) is 6.61 Å². The van der Waals surface area contributed by atoms with Crippen molar-refractivity contribution in [2.45, 2.75) is 6.04 Å². The van der Waals surface area contributed by atoms with Crippen molar-refractivity contribution in [1.29, 1.82) is 0 Å². The summed E-state index contributed by atoms with van der Waals surface area (Å²) in [5.41, 5.74) is 0.503. The van der Waals surface area contributed by atoms with Crippen LogP contribution in [-0.2, 0) is 14.4 Å². The zero-order valence-corrected chi connectivity index (χ0v) is 8.95. The number of carboxylic acids is 1. The maximum atomic E-state index is 11.6. The minimum atomic E-state index is -1.13. The lowest BCUT2D eigenvalue weighted by atomic mass is 10.1. The molecule has 0 aromatic heterocycles. The van der Waals surface area contributed by atoms with Crippen LogP contribution in [0.3, 0.4) is 0 Å². The number of nitrogens with zero attached hydrogens (tertiary/aromatic N) is 1. The molecule has 1 aromatic carbocycles. The molecule has 1 heterocycles. The first-order chi connectivity index (χ1) is 8.20. The molecular formula is C12H11NO4. The van der Waals surface area contributed by atoms with Gasteiger partial charge in [-0.3, -0.25) is 9.63 Å². The Morgan fingerprint density at radius 2 is 2.06 bits per heavy atom. The number of carboxylic acid groups (broad SMARTS) is 1. The average molecular weight is 233 g/mol. The predicted octanol–water partition coefficient (Wildman–Crippen LogP) is 1.14. The highest BCUT2D eigenvalue weighted by atomic mass is 16.7. The summed E-state index contributed by atoms with van der Waals surface area (Å²) in [5.74, 6) is -1.59. The molecule has 5 heteroatoms. The summed E-state index contributed by atoms with van der Waals surface area (Å²) in [6.07, 6.45) is 2.85. The van der Waals surface area contributed by atoms with Crippen LogP contribution >= 0.6 is 0 Å². The lowest BCUT2D eigenvalue weighted by molar-refractivity contribution is -0.202. The number of rotatable bonds is 3. The molecule has 1 aromatic rings. The van der Waals surface area contributed by atoms with Crippen LogP contribution in [0.4, 0.5) is 0 Å². The summed E-state index contributed by atoms with van der Waals surface area (Å²) in [6, 6.07) is 7.39. The SMILES string of the molecule is O=C(O)[C@@H](c1ccccc1)N1OCC=CC1=O. The van der Waals surface area contributed by atoms with Crippen LogP contribution in [0, 0.1) is 0 Å². The van der Waals surface area contributed by atoms with Gasteiger partial charge in [0.2, 0.25) is 0 Å². The number of hydrogen-bond acceptors (Lipinski definition) is 3. The first kappa shape index (κ1) is 11.3. The largest absolute Gasteiger partial charge is 0.479 e. The fraction of sp³-hybridized carbons (Fsp3) is 0.167. The van der Waals surface area contributed by atoms with Crippen molar-refractivity contribution in [1.82, 2.24) is 5.06 Å². The Bertz CT molecular complexity index is 455. The summed E-state index contributed by atoms with van der Waals surface area (Å²) in [5, 5.41) is 10.1. The van der Waals surface area contributed by atoms with Gasteiger partial charge in [0.15, 0.2) is 6.04 Å². The Balaban J connectivity index is 2.33. The topological polar surface area (TPSA) is 66.8 Å². The number of carbonyl (C=O) groups is 2. The molecule has 0 aliphatic carbocycles. The van der Waals surface area contributed by atoms with Crippen LogP contribution in [0.2, 0.25) is 0 Å². The molecule has 0 saturated heterocycles. The van der Waals surface area contributed by atoms with Gasteiger partial charge in [0.05, 0.1) is 6.61 Å². The monoisotopic (exact) mass is 233 g/mol. The van der Waals surface area contributed by atoms with Crippen LogP contribution in [-0.4, -0.2) is 28.7 Å². The van der Waals surface area contributed by atoms with Gasteiger partial charge in [-0.15, -0.1) is 0 Å². The van der Waals surface area contributed by atoms with Crippen molar-refractivity contribution >= 4 is 11.9 Å². The van der Waals surface area contributed by atoms with Gasteiger partial charge in [-0.1, -0.05) is 36.4 Å². The first-order valence-corrected chi connectivity index (χ1v) is 5.10. The Kier molecular flexibility index (Phi) is 3.20. The highest BCUT2D eigenvalue weighted by Gasteiger charge is 2.32. The minimum Gasteiger partial charge on any atom is -0.479 e. The Labute approximate surface area is 97.9 Å². The van der Waals surface area contributed by atoms with Crippen LogP contribution in [0.1, 0.15) is 11.6 Å². The number of hydrogen-bond donors (Lipinski definition) is 1. The van der Waals surface area contributed by atoms with E-state index in [9.17, 15) is 14.7 Å². The van der Waals surface area contributed by atoms with E-state index in [4.69, 9.17) is 4.84 Å². The second-order valence-electron chi connectivity index (χ2n) is 3.51. The summed E-state index contributed by atoms with van der Waals surface area (Å²) < 4.78 is 0. The first-order valence-electron chi connectivity index (χ1n) is 5.10. The highest BCUT2D eigenvalue weighted by molar-refractivity contribution is 5.91. The normalized spacial score (nSPS) is 16.9. The second kappa shape index (κ2) is 4.80. The molecular weight excluding hydrogens is 222 g/mol. The number of benzene rings is 1. The van der Waals surface area contributed by atoms with E-state index < -0.39 is 17.9 Å². The smallest absolute Gasteiger partial charge is 0.333 e. The van der Waals surface area contributed by atoms with E-state index in [1.54, 1.807) is 36.4 Å². The molecule has 0 saturated carbocycles. The van der Waals surface area contributed by atoms with E-state index in [0.29, 0.717) is 5.56 Å². The molecule has 2 rings (SSSR count). The number of hydroxylamine groups is 2. The Morgan fingerprint density at radius 1 is 1.35 bits per heavy atom. The summed E-state index contributed by atoms with van der Waals surface area (Å²) in [6.45, 7) is 0.197. The molecule has 17 heavy (non-hydrogen) atoms. The molecule has 0 unspecified atom stereocenters. The summed E-state index contributed by atoms with van der Waals surface area (Å²) in [7, 11) is 0. The summed E-state index contributed by atoms with van der Waals surface area (Å²) in [4.78, 5) is 27.9.